The predicted molar refractivity (Wildman–Crippen MR) is 56.5 cm³/mol. The number of hydrogen-bond acceptors (Lipinski definition) is 3. The van der Waals surface area contributed by atoms with E-state index in [-0.39, 0.29) is 17.3 Å². The van der Waals surface area contributed by atoms with Gasteiger partial charge in [0.15, 0.2) is 0 Å². The van der Waals surface area contributed by atoms with E-state index in [0.717, 1.165) is 24.4 Å². The van der Waals surface area contributed by atoms with Gasteiger partial charge in [-0.2, -0.15) is 0 Å². The van der Waals surface area contributed by atoms with Crippen LogP contribution in [-0.4, -0.2) is 21.8 Å². The number of aryl methyl sites for hydroxylation is 1. The van der Waals surface area contributed by atoms with Crippen LogP contribution < -0.4 is 5.32 Å². The van der Waals surface area contributed by atoms with Crippen LogP contribution in [0.1, 0.15) is 24.4 Å². The SMILES string of the molecule is Cc1nccc(C2(NC(=O)CCl)CC2)n1. The van der Waals surface area contributed by atoms with Gasteiger partial charge in [-0.15, -0.1) is 11.6 Å². The lowest BCUT2D eigenvalue weighted by molar-refractivity contribution is -0.119. The molecule has 0 spiro atoms. The molecule has 0 radical (unpaired) electrons. The minimum absolute atomic E-state index is 0.00812. The number of amides is 1. The van der Waals surface area contributed by atoms with E-state index in [4.69, 9.17) is 11.6 Å². The van der Waals surface area contributed by atoms with Crippen LogP contribution in [0.15, 0.2) is 12.3 Å². The van der Waals surface area contributed by atoms with E-state index in [0.29, 0.717) is 0 Å². The smallest absolute Gasteiger partial charge is 0.235 e. The Morgan fingerprint density at radius 1 is 1.67 bits per heavy atom. The second kappa shape index (κ2) is 3.77. The molecule has 1 heterocycles. The van der Waals surface area contributed by atoms with E-state index in [2.05, 4.69) is 15.3 Å². The Balaban J connectivity index is 2.19. The summed E-state index contributed by atoms with van der Waals surface area (Å²) in [6.07, 6.45) is 3.56. The topological polar surface area (TPSA) is 54.9 Å². The van der Waals surface area contributed by atoms with Gasteiger partial charge in [0.1, 0.15) is 11.7 Å². The zero-order chi connectivity index (χ0) is 10.9. The molecule has 5 heteroatoms. The first-order chi connectivity index (χ1) is 7.16. The third-order valence-electron chi connectivity index (χ3n) is 2.52. The summed E-state index contributed by atoms with van der Waals surface area (Å²) >= 11 is 5.46. The normalized spacial score (nSPS) is 17.2. The number of rotatable bonds is 3. The summed E-state index contributed by atoms with van der Waals surface area (Å²) < 4.78 is 0. The number of carbonyl (C=O) groups excluding carboxylic acids is 1. The fourth-order valence-corrected chi connectivity index (χ4v) is 1.66. The van der Waals surface area contributed by atoms with Crippen molar-refractivity contribution in [1.82, 2.24) is 15.3 Å². The summed E-state index contributed by atoms with van der Waals surface area (Å²) in [7, 11) is 0. The molecule has 4 nitrogen and oxygen atoms in total. The third-order valence-corrected chi connectivity index (χ3v) is 2.76. The Hall–Kier alpha value is -1.16. The summed E-state index contributed by atoms with van der Waals surface area (Å²) in [5.74, 6) is 0.565. The highest BCUT2D eigenvalue weighted by Gasteiger charge is 2.46. The zero-order valence-corrected chi connectivity index (χ0v) is 9.21. The number of carbonyl (C=O) groups is 1. The van der Waals surface area contributed by atoms with Gasteiger partial charge < -0.3 is 5.32 Å². The van der Waals surface area contributed by atoms with Gasteiger partial charge in [-0.25, -0.2) is 9.97 Å². The Labute approximate surface area is 93.1 Å². The number of hydrogen-bond donors (Lipinski definition) is 1. The maximum absolute atomic E-state index is 11.2. The van der Waals surface area contributed by atoms with Crippen LogP contribution in [0.25, 0.3) is 0 Å². The second-order valence-corrected chi connectivity index (χ2v) is 4.02. The van der Waals surface area contributed by atoms with Gasteiger partial charge in [-0.3, -0.25) is 4.79 Å². The van der Waals surface area contributed by atoms with E-state index in [1.807, 2.05) is 13.0 Å². The molecule has 0 saturated heterocycles. The average molecular weight is 226 g/mol. The highest BCUT2D eigenvalue weighted by Crippen LogP contribution is 2.44. The highest BCUT2D eigenvalue weighted by atomic mass is 35.5. The monoisotopic (exact) mass is 225 g/mol. The number of nitrogens with one attached hydrogen (secondary N) is 1. The van der Waals surface area contributed by atoms with Crippen LogP contribution in [0.5, 0.6) is 0 Å². The molecule has 0 aliphatic heterocycles. The molecule has 1 N–H and O–H groups in total. The van der Waals surface area contributed by atoms with E-state index >= 15 is 0 Å². The van der Waals surface area contributed by atoms with Crippen LogP contribution in [0.2, 0.25) is 0 Å². The summed E-state index contributed by atoms with van der Waals surface area (Å²) in [6, 6.07) is 1.84. The molecule has 1 aromatic heterocycles. The van der Waals surface area contributed by atoms with Crippen molar-refractivity contribution in [1.29, 1.82) is 0 Å². The van der Waals surface area contributed by atoms with Gasteiger partial charge in [-0.05, 0) is 25.8 Å². The summed E-state index contributed by atoms with van der Waals surface area (Å²) in [5, 5.41) is 2.90. The van der Waals surface area contributed by atoms with Crippen LogP contribution in [-0.2, 0) is 10.3 Å². The van der Waals surface area contributed by atoms with Crippen molar-refractivity contribution in [3.05, 3.63) is 23.8 Å². The molecule has 0 bridgehead atoms. The minimum Gasteiger partial charge on any atom is -0.344 e. The summed E-state index contributed by atoms with van der Waals surface area (Å²) in [4.78, 5) is 19.6. The Morgan fingerprint density at radius 3 is 2.93 bits per heavy atom. The Bertz CT molecular complexity index is 390. The second-order valence-electron chi connectivity index (χ2n) is 3.75. The van der Waals surface area contributed by atoms with Crippen LogP contribution in [0.3, 0.4) is 0 Å². The van der Waals surface area contributed by atoms with Crippen molar-refractivity contribution in [3.8, 4) is 0 Å². The number of nitrogens with zero attached hydrogens (tertiary/aromatic N) is 2. The van der Waals surface area contributed by atoms with Gasteiger partial charge in [0.2, 0.25) is 5.91 Å². The number of halogens is 1. The molecule has 1 aromatic rings. The first-order valence-corrected chi connectivity index (χ1v) is 5.37. The van der Waals surface area contributed by atoms with Crippen molar-refractivity contribution < 1.29 is 4.79 Å². The lowest BCUT2D eigenvalue weighted by Gasteiger charge is -2.16. The molecule has 15 heavy (non-hydrogen) atoms. The fraction of sp³-hybridized carbons (Fsp3) is 0.500. The molecule has 0 atom stereocenters. The molecule has 80 valence electrons. The van der Waals surface area contributed by atoms with Crippen LogP contribution >= 0.6 is 11.6 Å². The van der Waals surface area contributed by atoms with Gasteiger partial charge in [-0.1, -0.05) is 0 Å². The van der Waals surface area contributed by atoms with Gasteiger partial charge >= 0.3 is 0 Å². The summed E-state index contributed by atoms with van der Waals surface area (Å²) in [6.45, 7) is 1.84. The third kappa shape index (κ3) is 2.09. The first-order valence-electron chi connectivity index (χ1n) is 4.83. The lowest BCUT2D eigenvalue weighted by Crippen LogP contribution is -2.36. The maximum atomic E-state index is 11.2. The van der Waals surface area contributed by atoms with E-state index in [1.165, 1.54) is 0 Å². The predicted octanol–water partition coefficient (Wildman–Crippen LogP) is 1.13. The van der Waals surface area contributed by atoms with Crippen molar-refractivity contribution in [2.75, 3.05) is 5.88 Å². The minimum atomic E-state index is -0.278. The molecular formula is C10H12ClN3O. The summed E-state index contributed by atoms with van der Waals surface area (Å²) in [5.41, 5.74) is 0.605. The van der Waals surface area contributed by atoms with Gasteiger partial charge in [0.25, 0.3) is 0 Å². The highest BCUT2D eigenvalue weighted by molar-refractivity contribution is 6.27. The molecule has 1 aliphatic carbocycles. The van der Waals surface area contributed by atoms with Gasteiger partial charge in [0, 0.05) is 6.20 Å². The van der Waals surface area contributed by atoms with Crippen molar-refractivity contribution in [3.63, 3.8) is 0 Å². The standard InChI is InChI=1S/C10H12ClN3O/c1-7-12-5-2-8(13-7)10(3-4-10)14-9(15)6-11/h2,5H,3-4,6H2,1H3,(H,14,15). The fourth-order valence-electron chi connectivity index (χ4n) is 1.59. The Kier molecular flexibility index (Phi) is 2.61. The van der Waals surface area contributed by atoms with Crippen molar-refractivity contribution >= 4 is 17.5 Å². The number of alkyl halides is 1. The molecule has 1 fully saturated rings. The molecule has 2 rings (SSSR count). The average Bonchev–Trinajstić information content (AvgIpc) is 2.99. The quantitative estimate of drug-likeness (QED) is 0.785. The molecule has 1 aliphatic rings. The van der Waals surface area contributed by atoms with E-state index < -0.39 is 0 Å². The lowest BCUT2D eigenvalue weighted by atomic mass is 10.1. The first kappa shape index (κ1) is 10.4. The molecule has 1 saturated carbocycles. The largest absolute Gasteiger partial charge is 0.344 e. The number of aromatic nitrogens is 2. The van der Waals surface area contributed by atoms with E-state index in [9.17, 15) is 4.79 Å². The van der Waals surface area contributed by atoms with Crippen LogP contribution in [0, 0.1) is 6.92 Å². The van der Waals surface area contributed by atoms with Crippen molar-refractivity contribution in [2.24, 2.45) is 0 Å². The molecular weight excluding hydrogens is 214 g/mol. The van der Waals surface area contributed by atoms with Gasteiger partial charge in [0.05, 0.1) is 11.2 Å². The van der Waals surface area contributed by atoms with E-state index in [1.54, 1.807) is 6.20 Å². The molecule has 0 unspecified atom stereocenters. The zero-order valence-electron chi connectivity index (χ0n) is 8.46. The Morgan fingerprint density at radius 2 is 2.40 bits per heavy atom. The van der Waals surface area contributed by atoms with Crippen LogP contribution in [0.4, 0.5) is 0 Å². The van der Waals surface area contributed by atoms with Crippen molar-refractivity contribution in [2.45, 2.75) is 25.3 Å². The molecule has 0 aromatic carbocycles. The maximum Gasteiger partial charge on any atom is 0.235 e. The molecule has 1 amide bonds.